The Morgan fingerprint density at radius 1 is 1.35 bits per heavy atom. The van der Waals surface area contributed by atoms with E-state index in [0.717, 1.165) is 11.3 Å². The smallest absolute Gasteiger partial charge is 0.339 e. The first-order valence-electron chi connectivity index (χ1n) is 5.48. The van der Waals surface area contributed by atoms with E-state index in [0.29, 0.717) is 5.69 Å². The standard InChI is InChI=1S/C12H12N2O4S2/c1-18-12(15)9-4-2-3-5-10(9)14-20(16,17)11-6-8(13)7-19-11/h2-7,14H,13H2,1H3. The highest BCUT2D eigenvalue weighted by Crippen LogP contribution is 2.25. The third kappa shape index (κ3) is 2.91. The van der Waals surface area contributed by atoms with E-state index in [1.165, 1.54) is 30.7 Å². The van der Waals surface area contributed by atoms with Crippen molar-refractivity contribution in [3.8, 4) is 0 Å². The summed E-state index contributed by atoms with van der Waals surface area (Å²) in [6.07, 6.45) is 0. The van der Waals surface area contributed by atoms with Crippen LogP contribution in [0.4, 0.5) is 11.4 Å². The minimum atomic E-state index is -3.78. The minimum Gasteiger partial charge on any atom is -0.465 e. The van der Waals surface area contributed by atoms with E-state index in [4.69, 9.17) is 5.73 Å². The van der Waals surface area contributed by atoms with Gasteiger partial charge in [0.05, 0.1) is 18.4 Å². The number of ether oxygens (including phenoxy) is 1. The van der Waals surface area contributed by atoms with Gasteiger partial charge in [-0.25, -0.2) is 13.2 Å². The van der Waals surface area contributed by atoms with E-state index in [-0.39, 0.29) is 15.5 Å². The summed E-state index contributed by atoms with van der Waals surface area (Å²) in [5.74, 6) is -0.617. The van der Waals surface area contributed by atoms with E-state index in [1.54, 1.807) is 12.1 Å². The van der Waals surface area contributed by atoms with Crippen LogP contribution in [-0.2, 0) is 14.8 Å². The predicted octanol–water partition coefficient (Wildman–Crippen LogP) is 1.92. The van der Waals surface area contributed by atoms with Crippen molar-refractivity contribution in [1.29, 1.82) is 0 Å². The maximum Gasteiger partial charge on any atom is 0.339 e. The summed E-state index contributed by atoms with van der Waals surface area (Å²) < 4.78 is 31.4. The van der Waals surface area contributed by atoms with E-state index >= 15 is 0 Å². The lowest BCUT2D eigenvalue weighted by Gasteiger charge is -2.10. The molecule has 6 nitrogen and oxygen atoms in total. The third-order valence-electron chi connectivity index (χ3n) is 2.44. The lowest BCUT2D eigenvalue weighted by Crippen LogP contribution is -2.15. The molecule has 8 heteroatoms. The maximum absolute atomic E-state index is 12.2. The van der Waals surface area contributed by atoms with Gasteiger partial charge in [-0.1, -0.05) is 12.1 Å². The SMILES string of the molecule is COC(=O)c1ccccc1NS(=O)(=O)c1cc(N)cs1. The van der Waals surface area contributed by atoms with Crippen LogP contribution in [0.3, 0.4) is 0 Å². The van der Waals surface area contributed by atoms with E-state index in [1.807, 2.05) is 0 Å². The van der Waals surface area contributed by atoms with Gasteiger partial charge >= 0.3 is 5.97 Å². The molecule has 0 fully saturated rings. The van der Waals surface area contributed by atoms with Gasteiger partial charge in [-0.05, 0) is 18.2 Å². The molecule has 0 amide bonds. The molecule has 106 valence electrons. The zero-order chi connectivity index (χ0) is 14.8. The monoisotopic (exact) mass is 312 g/mol. The quantitative estimate of drug-likeness (QED) is 0.840. The van der Waals surface area contributed by atoms with Crippen LogP contribution in [0.5, 0.6) is 0 Å². The van der Waals surface area contributed by atoms with E-state index < -0.39 is 16.0 Å². The number of thiophene rings is 1. The average molecular weight is 312 g/mol. The summed E-state index contributed by atoms with van der Waals surface area (Å²) in [5, 5.41) is 1.53. The molecule has 0 saturated carbocycles. The van der Waals surface area contributed by atoms with Gasteiger partial charge in [0.2, 0.25) is 0 Å². The van der Waals surface area contributed by atoms with Crippen molar-refractivity contribution in [2.75, 3.05) is 17.6 Å². The van der Waals surface area contributed by atoms with Gasteiger partial charge in [0.25, 0.3) is 10.0 Å². The molecule has 0 unspecified atom stereocenters. The summed E-state index contributed by atoms with van der Waals surface area (Å²) in [6, 6.07) is 7.56. The number of para-hydroxylation sites is 1. The lowest BCUT2D eigenvalue weighted by atomic mass is 10.2. The maximum atomic E-state index is 12.2. The molecule has 1 aromatic carbocycles. The predicted molar refractivity (Wildman–Crippen MR) is 77.3 cm³/mol. The fraction of sp³-hybridized carbons (Fsp3) is 0.0833. The number of rotatable bonds is 4. The Labute approximate surface area is 120 Å². The second-order valence-electron chi connectivity index (χ2n) is 3.84. The van der Waals surface area contributed by atoms with Gasteiger partial charge in [0.15, 0.2) is 0 Å². The number of benzene rings is 1. The second-order valence-corrected chi connectivity index (χ2v) is 6.66. The summed E-state index contributed by atoms with van der Waals surface area (Å²) in [4.78, 5) is 11.6. The molecule has 3 N–H and O–H groups in total. The highest BCUT2D eigenvalue weighted by Gasteiger charge is 2.20. The number of nitrogens with one attached hydrogen (secondary N) is 1. The minimum absolute atomic E-state index is 0.0784. The van der Waals surface area contributed by atoms with Crippen molar-refractivity contribution in [3.63, 3.8) is 0 Å². The number of sulfonamides is 1. The van der Waals surface area contributed by atoms with Crippen molar-refractivity contribution in [1.82, 2.24) is 0 Å². The number of anilines is 2. The fourth-order valence-corrected chi connectivity index (χ4v) is 3.69. The van der Waals surface area contributed by atoms with Crippen molar-refractivity contribution in [2.45, 2.75) is 4.21 Å². The van der Waals surface area contributed by atoms with Gasteiger partial charge in [-0.15, -0.1) is 11.3 Å². The Morgan fingerprint density at radius 2 is 2.05 bits per heavy atom. The summed E-state index contributed by atoms with van der Waals surface area (Å²) in [6.45, 7) is 0. The molecule has 1 aromatic heterocycles. The van der Waals surface area contributed by atoms with Crippen molar-refractivity contribution < 1.29 is 17.9 Å². The van der Waals surface area contributed by atoms with Crippen molar-refractivity contribution in [3.05, 3.63) is 41.3 Å². The summed E-state index contributed by atoms with van der Waals surface area (Å²) in [5.41, 5.74) is 6.18. The second kappa shape index (κ2) is 5.51. The van der Waals surface area contributed by atoms with Gasteiger partial charge < -0.3 is 10.5 Å². The molecule has 0 atom stereocenters. The molecule has 20 heavy (non-hydrogen) atoms. The van der Waals surface area contributed by atoms with Crippen LogP contribution in [0.15, 0.2) is 39.9 Å². The van der Waals surface area contributed by atoms with Gasteiger partial charge in [0, 0.05) is 11.1 Å². The van der Waals surface area contributed by atoms with Crippen molar-refractivity contribution >= 4 is 38.7 Å². The Balaban J connectivity index is 2.37. The molecule has 0 aliphatic heterocycles. The first-order chi connectivity index (χ1) is 9.44. The normalized spacial score (nSPS) is 11.1. The summed E-state index contributed by atoms with van der Waals surface area (Å²) in [7, 11) is -2.55. The molecular weight excluding hydrogens is 300 g/mol. The fourth-order valence-electron chi connectivity index (χ4n) is 1.53. The molecule has 0 saturated heterocycles. The number of carbonyl (C=O) groups excluding carboxylic acids is 1. The molecule has 0 radical (unpaired) electrons. The zero-order valence-corrected chi connectivity index (χ0v) is 12.1. The van der Waals surface area contributed by atoms with Crippen LogP contribution in [0.2, 0.25) is 0 Å². The van der Waals surface area contributed by atoms with Crippen LogP contribution >= 0.6 is 11.3 Å². The molecule has 0 aliphatic rings. The zero-order valence-electron chi connectivity index (χ0n) is 10.5. The Bertz CT molecular complexity index is 737. The third-order valence-corrected chi connectivity index (χ3v) is 5.26. The Kier molecular flexibility index (Phi) is 3.96. The van der Waals surface area contributed by atoms with Crippen LogP contribution in [0.1, 0.15) is 10.4 Å². The molecule has 0 spiro atoms. The largest absolute Gasteiger partial charge is 0.465 e. The van der Waals surface area contributed by atoms with E-state index in [9.17, 15) is 13.2 Å². The average Bonchev–Trinajstić information content (AvgIpc) is 2.86. The van der Waals surface area contributed by atoms with Crippen LogP contribution < -0.4 is 10.5 Å². The number of esters is 1. The van der Waals surface area contributed by atoms with Gasteiger partial charge in [0.1, 0.15) is 4.21 Å². The molecular formula is C12H12N2O4S2. The molecule has 1 heterocycles. The number of methoxy groups -OCH3 is 1. The van der Waals surface area contributed by atoms with Crippen molar-refractivity contribution in [2.24, 2.45) is 0 Å². The topological polar surface area (TPSA) is 98.5 Å². The molecule has 2 aromatic rings. The Morgan fingerprint density at radius 3 is 2.65 bits per heavy atom. The van der Waals surface area contributed by atoms with Crippen LogP contribution in [-0.4, -0.2) is 21.5 Å². The van der Waals surface area contributed by atoms with Gasteiger partial charge in [-0.3, -0.25) is 4.72 Å². The first-order valence-corrected chi connectivity index (χ1v) is 7.84. The highest BCUT2D eigenvalue weighted by molar-refractivity contribution is 7.94. The van der Waals surface area contributed by atoms with Crippen LogP contribution in [0.25, 0.3) is 0 Å². The molecule has 0 aliphatic carbocycles. The molecule has 2 rings (SSSR count). The van der Waals surface area contributed by atoms with E-state index in [2.05, 4.69) is 9.46 Å². The Hall–Kier alpha value is -2.06. The van der Waals surface area contributed by atoms with Crippen LogP contribution in [0, 0.1) is 0 Å². The molecule has 0 bridgehead atoms. The number of nitrogens with two attached hydrogens (primary N) is 1. The van der Waals surface area contributed by atoms with Gasteiger partial charge in [-0.2, -0.15) is 0 Å². The number of carbonyl (C=O) groups is 1. The lowest BCUT2D eigenvalue weighted by molar-refractivity contribution is 0.0602. The highest BCUT2D eigenvalue weighted by atomic mass is 32.2. The number of hydrogen-bond acceptors (Lipinski definition) is 6. The number of nitrogen functional groups attached to an aromatic ring is 1. The summed E-state index contributed by atoms with van der Waals surface area (Å²) >= 11 is 1.00. The first kappa shape index (κ1) is 14.4. The number of hydrogen-bond donors (Lipinski definition) is 2.